The average Bonchev–Trinajstić information content (AvgIpc) is 3.35. The van der Waals surface area contributed by atoms with E-state index < -0.39 is 5.97 Å². The Morgan fingerprint density at radius 3 is 2.27 bits per heavy atom. The molecule has 0 radical (unpaired) electrons. The Balaban J connectivity index is 1.96. The van der Waals surface area contributed by atoms with Gasteiger partial charge in [-0.05, 0) is 55.9 Å². The molecule has 0 unspecified atom stereocenters. The average molecular weight is 435 g/mol. The van der Waals surface area contributed by atoms with Crippen LogP contribution in [0.15, 0.2) is 6.07 Å². The Labute approximate surface area is 183 Å². The highest BCUT2D eigenvalue weighted by molar-refractivity contribution is 7.14. The van der Waals surface area contributed by atoms with Crippen LogP contribution in [0.3, 0.4) is 0 Å². The van der Waals surface area contributed by atoms with Crippen LogP contribution in [-0.4, -0.2) is 47.4 Å². The molecule has 2 amide bonds. The monoisotopic (exact) mass is 434 g/mol. The van der Waals surface area contributed by atoms with Crippen molar-refractivity contribution in [3.8, 4) is 0 Å². The highest BCUT2D eigenvalue weighted by Gasteiger charge is 2.35. The zero-order chi connectivity index (χ0) is 22.1. The number of amides is 2. The number of anilines is 1. The van der Waals surface area contributed by atoms with Gasteiger partial charge in [0.2, 0.25) is 11.8 Å². The van der Waals surface area contributed by atoms with E-state index in [9.17, 15) is 19.5 Å². The largest absolute Gasteiger partial charge is 0.477 e. The third-order valence-electron chi connectivity index (χ3n) is 6.32. The molecular weight excluding hydrogens is 400 g/mol. The molecule has 0 aromatic carbocycles. The first-order valence-electron chi connectivity index (χ1n) is 11.0. The van der Waals surface area contributed by atoms with Gasteiger partial charge < -0.3 is 14.9 Å². The van der Waals surface area contributed by atoms with Crippen molar-refractivity contribution in [2.75, 3.05) is 24.5 Å². The van der Waals surface area contributed by atoms with Crippen LogP contribution in [0.1, 0.15) is 80.8 Å². The van der Waals surface area contributed by atoms with Gasteiger partial charge in [0.15, 0.2) is 0 Å². The minimum atomic E-state index is -1.05. The second-order valence-electron chi connectivity index (χ2n) is 9.85. The maximum atomic E-state index is 13.6. The van der Waals surface area contributed by atoms with E-state index in [1.165, 1.54) is 16.2 Å². The molecule has 2 fully saturated rings. The second kappa shape index (κ2) is 9.08. The number of carbonyl (C=O) groups excluding carboxylic acids is 2. The lowest BCUT2D eigenvalue weighted by molar-refractivity contribution is -0.131. The lowest BCUT2D eigenvalue weighted by Crippen LogP contribution is -2.45. The topological polar surface area (TPSA) is 77.9 Å². The molecule has 1 saturated carbocycles. The fourth-order valence-electron chi connectivity index (χ4n) is 4.32. The molecule has 0 atom stereocenters. The number of thiophene rings is 1. The van der Waals surface area contributed by atoms with Crippen LogP contribution in [0, 0.1) is 11.8 Å². The Morgan fingerprint density at radius 1 is 1.13 bits per heavy atom. The highest BCUT2D eigenvalue weighted by atomic mass is 32.1. The number of carboxylic acid groups (broad SMARTS) is 1. The molecule has 6 nitrogen and oxygen atoms in total. The van der Waals surface area contributed by atoms with Crippen molar-refractivity contribution in [2.24, 2.45) is 11.8 Å². The fourth-order valence-corrected chi connectivity index (χ4v) is 5.37. The van der Waals surface area contributed by atoms with E-state index in [0.717, 1.165) is 43.4 Å². The molecule has 30 heavy (non-hydrogen) atoms. The van der Waals surface area contributed by atoms with Crippen LogP contribution in [0.4, 0.5) is 5.69 Å². The van der Waals surface area contributed by atoms with Crippen molar-refractivity contribution in [1.82, 2.24) is 4.90 Å². The molecule has 166 valence electrons. The molecule has 1 aromatic heterocycles. The maximum Gasteiger partial charge on any atom is 0.348 e. The van der Waals surface area contributed by atoms with Gasteiger partial charge in [0.05, 0.1) is 5.69 Å². The van der Waals surface area contributed by atoms with Gasteiger partial charge >= 0.3 is 5.97 Å². The molecule has 1 aliphatic heterocycles. The van der Waals surface area contributed by atoms with E-state index in [0.29, 0.717) is 24.7 Å². The molecule has 2 heterocycles. The molecule has 1 saturated heterocycles. The minimum Gasteiger partial charge on any atom is -0.477 e. The van der Waals surface area contributed by atoms with Crippen LogP contribution in [0.5, 0.6) is 0 Å². The predicted molar refractivity (Wildman–Crippen MR) is 119 cm³/mol. The lowest BCUT2D eigenvalue weighted by Gasteiger charge is -2.31. The Kier molecular flexibility index (Phi) is 6.90. The molecule has 7 heteroatoms. The summed E-state index contributed by atoms with van der Waals surface area (Å²) in [5.74, 6) is -0.779. The first-order valence-corrected chi connectivity index (χ1v) is 11.9. The van der Waals surface area contributed by atoms with Gasteiger partial charge in [-0.1, -0.05) is 27.7 Å². The van der Waals surface area contributed by atoms with Crippen LogP contribution in [0.25, 0.3) is 0 Å². The van der Waals surface area contributed by atoms with Crippen molar-refractivity contribution in [1.29, 1.82) is 0 Å². The van der Waals surface area contributed by atoms with Gasteiger partial charge in [-0.25, -0.2) is 4.79 Å². The third-order valence-corrected chi connectivity index (χ3v) is 7.86. The Bertz CT molecular complexity index is 797. The summed E-state index contributed by atoms with van der Waals surface area (Å²) in [7, 11) is 0. The summed E-state index contributed by atoms with van der Waals surface area (Å²) < 4.78 is 0. The molecule has 0 bridgehead atoms. The quantitative estimate of drug-likeness (QED) is 0.739. The summed E-state index contributed by atoms with van der Waals surface area (Å²) in [5, 5.41) is 9.84. The third kappa shape index (κ3) is 5.05. The summed E-state index contributed by atoms with van der Waals surface area (Å²) >= 11 is 1.21. The summed E-state index contributed by atoms with van der Waals surface area (Å²) in [4.78, 5) is 42.8. The molecule has 1 N–H and O–H groups in total. The van der Waals surface area contributed by atoms with E-state index in [1.807, 2.05) is 26.8 Å². The molecule has 1 aliphatic carbocycles. The van der Waals surface area contributed by atoms with Crippen molar-refractivity contribution in [2.45, 2.75) is 71.6 Å². The van der Waals surface area contributed by atoms with Gasteiger partial charge in [-0.3, -0.25) is 9.59 Å². The highest BCUT2D eigenvalue weighted by Crippen LogP contribution is 2.39. The first-order chi connectivity index (χ1) is 14.1. The Morgan fingerprint density at radius 2 is 1.73 bits per heavy atom. The fraction of sp³-hybridized carbons (Fsp3) is 0.696. The van der Waals surface area contributed by atoms with Crippen molar-refractivity contribution >= 4 is 34.8 Å². The lowest BCUT2D eigenvalue weighted by atomic mass is 9.82. The summed E-state index contributed by atoms with van der Waals surface area (Å²) in [6.45, 7) is 9.63. The van der Waals surface area contributed by atoms with Crippen molar-refractivity contribution in [3.63, 3.8) is 0 Å². The van der Waals surface area contributed by atoms with E-state index in [-0.39, 0.29) is 34.6 Å². The maximum absolute atomic E-state index is 13.6. The van der Waals surface area contributed by atoms with Crippen LogP contribution >= 0.6 is 11.3 Å². The standard InChI is InChI=1S/C23H34N2O4S/c1-15-7-9-16(10-8-15)21(27)25(14-19(26)24-11-5-6-12-24)17-13-18(23(2,3)4)30-20(17)22(28)29/h13,15-16H,5-12,14H2,1-4H3,(H,28,29)/t15-,16-. The number of likely N-dealkylation sites (tertiary alicyclic amines) is 1. The smallest absolute Gasteiger partial charge is 0.348 e. The van der Waals surface area contributed by atoms with E-state index in [2.05, 4.69) is 6.92 Å². The molecule has 3 rings (SSSR count). The van der Waals surface area contributed by atoms with E-state index in [1.54, 1.807) is 4.90 Å². The summed E-state index contributed by atoms with van der Waals surface area (Å²) in [5.41, 5.74) is 0.148. The zero-order valence-corrected chi connectivity index (χ0v) is 19.4. The molecule has 1 aromatic rings. The minimum absolute atomic E-state index is 0.0779. The SMILES string of the molecule is CC(C)(C)c1cc(N(CC(=O)N2CCCC2)C(=O)[C@H]2CC[C@H](C)CC2)c(C(=O)O)s1. The Hall–Kier alpha value is -1.89. The molecular formula is C23H34N2O4S. The number of nitrogens with zero attached hydrogens (tertiary/aromatic N) is 2. The first kappa shape index (κ1) is 22.8. The normalized spacial score (nSPS) is 22.2. The van der Waals surface area contributed by atoms with Crippen LogP contribution in [0.2, 0.25) is 0 Å². The number of carboxylic acids is 1. The number of aromatic carboxylic acids is 1. The number of carbonyl (C=O) groups is 3. The molecule has 2 aliphatic rings. The zero-order valence-electron chi connectivity index (χ0n) is 18.6. The summed E-state index contributed by atoms with van der Waals surface area (Å²) in [6, 6.07) is 1.81. The van der Waals surface area contributed by atoms with Gasteiger partial charge in [-0.15, -0.1) is 11.3 Å². The van der Waals surface area contributed by atoms with Crippen LogP contribution in [-0.2, 0) is 15.0 Å². The van der Waals surface area contributed by atoms with E-state index in [4.69, 9.17) is 0 Å². The molecule has 0 spiro atoms. The number of rotatable bonds is 5. The van der Waals surface area contributed by atoms with Gasteiger partial charge in [0.25, 0.3) is 0 Å². The van der Waals surface area contributed by atoms with Crippen LogP contribution < -0.4 is 4.90 Å². The summed E-state index contributed by atoms with van der Waals surface area (Å²) in [6.07, 6.45) is 5.54. The van der Waals surface area contributed by atoms with Gasteiger partial charge in [0, 0.05) is 23.9 Å². The second-order valence-corrected chi connectivity index (χ2v) is 10.9. The van der Waals surface area contributed by atoms with E-state index >= 15 is 0 Å². The number of hydrogen-bond acceptors (Lipinski definition) is 4. The number of hydrogen-bond donors (Lipinski definition) is 1. The van der Waals surface area contributed by atoms with Crippen molar-refractivity contribution in [3.05, 3.63) is 15.8 Å². The van der Waals surface area contributed by atoms with Crippen molar-refractivity contribution < 1.29 is 19.5 Å². The predicted octanol–water partition coefficient (Wildman–Crippen LogP) is 4.53. The van der Waals surface area contributed by atoms with Gasteiger partial charge in [0.1, 0.15) is 11.4 Å². The van der Waals surface area contributed by atoms with Gasteiger partial charge in [-0.2, -0.15) is 0 Å².